The number of hydrogen-bond donors (Lipinski definition) is 0. The molecule has 3 nitrogen and oxygen atoms in total. The first kappa shape index (κ1) is 17.5. The zero-order valence-corrected chi connectivity index (χ0v) is 14.7. The van der Waals surface area contributed by atoms with Gasteiger partial charge < -0.3 is 4.74 Å². The van der Waals surface area contributed by atoms with E-state index in [1.165, 1.54) is 0 Å². The molecule has 118 valence electrons. The summed E-state index contributed by atoms with van der Waals surface area (Å²) in [4.78, 5) is 14.8. The number of likely N-dealkylation sites (tertiary alicyclic amines) is 1. The Balaban J connectivity index is 2.83. The Bertz CT molecular complexity index is 340. The molecule has 1 aliphatic heterocycles. The fourth-order valence-corrected chi connectivity index (χ4v) is 3.62. The predicted molar refractivity (Wildman–Crippen MR) is 83.7 cm³/mol. The maximum absolute atomic E-state index is 12.3. The Labute approximate surface area is 125 Å². The molecule has 0 N–H and O–H groups in total. The summed E-state index contributed by atoms with van der Waals surface area (Å²) < 4.78 is 5.85. The van der Waals surface area contributed by atoms with Gasteiger partial charge in [-0.05, 0) is 54.5 Å². The van der Waals surface area contributed by atoms with Crippen LogP contribution in [0.4, 0.5) is 0 Å². The van der Waals surface area contributed by atoms with Crippen LogP contribution < -0.4 is 0 Å². The molecule has 0 amide bonds. The molecule has 1 aliphatic rings. The highest BCUT2D eigenvalue weighted by molar-refractivity contribution is 5.76. The van der Waals surface area contributed by atoms with E-state index >= 15 is 0 Å². The minimum Gasteiger partial charge on any atom is -0.462 e. The number of esters is 1. The Morgan fingerprint density at radius 3 is 1.95 bits per heavy atom. The van der Waals surface area contributed by atoms with Gasteiger partial charge in [-0.1, -0.05) is 13.8 Å². The quantitative estimate of drug-likeness (QED) is 0.730. The van der Waals surface area contributed by atoms with Gasteiger partial charge in [0.25, 0.3) is 0 Å². The molecule has 0 atom stereocenters. The van der Waals surface area contributed by atoms with Crippen LogP contribution in [0.5, 0.6) is 0 Å². The Morgan fingerprint density at radius 1 is 1.15 bits per heavy atom. The van der Waals surface area contributed by atoms with Crippen molar-refractivity contribution in [1.82, 2.24) is 4.90 Å². The third-order valence-corrected chi connectivity index (χ3v) is 4.94. The molecule has 1 saturated heterocycles. The Kier molecular flexibility index (Phi) is 4.95. The van der Waals surface area contributed by atoms with Gasteiger partial charge in [0.15, 0.2) is 0 Å². The molecule has 0 aromatic rings. The SMILES string of the molecule is CCN1C(C)(C)CC(OC(=O)C(C)(C)CC)CC1(C)C. The van der Waals surface area contributed by atoms with Gasteiger partial charge >= 0.3 is 5.97 Å². The van der Waals surface area contributed by atoms with Crippen LogP contribution in [-0.4, -0.2) is 34.6 Å². The zero-order chi connectivity index (χ0) is 15.8. The minimum absolute atomic E-state index is 0.0288. The first-order valence-corrected chi connectivity index (χ1v) is 7.95. The second-order valence-corrected chi connectivity index (χ2v) is 8.04. The fourth-order valence-electron chi connectivity index (χ4n) is 3.62. The van der Waals surface area contributed by atoms with Gasteiger partial charge in [0.05, 0.1) is 5.41 Å². The maximum Gasteiger partial charge on any atom is 0.311 e. The summed E-state index contributed by atoms with van der Waals surface area (Å²) in [5.74, 6) is -0.0541. The molecule has 0 aromatic heterocycles. The molecule has 0 aliphatic carbocycles. The Hall–Kier alpha value is -0.570. The summed E-state index contributed by atoms with van der Waals surface area (Å²) in [5, 5.41) is 0. The standard InChI is InChI=1S/C17H33NO2/c1-9-15(3,4)14(19)20-13-11-16(5,6)18(10-2)17(7,8)12-13/h13H,9-12H2,1-8H3. The average molecular weight is 283 g/mol. The molecule has 0 unspecified atom stereocenters. The number of piperidine rings is 1. The van der Waals surface area contributed by atoms with E-state index in [1.807, 2.05) is 20.8 Å². The van der Waals surface area contributed by atoms with Crippen molar-refractivity contribution < 1.29 is 9.53 Å². The molecule has 3 heteroatoms. The van der Waals surface area contributed by atoms with Crippen LogP contribution in [0.25, 0.3) is 0 Å². The molecule has 1 rings (SSSR count). The molecule has 0 spiro atoms. The molecular formula is C17H33NO2. The van der Waals surface area contributed by atoms with E-state index in [4.69, 9.17) is 4.74 Å². The summed E-state index contributed by atoms with van der Waals surface area (Å²) in [6.07, 6.45) is 2.67. The second-order valence-electron chi connectivity index (χ2n) is 8.04. The third kappa shape index (κ3) is 3.55. The van der Waals surface area contributed by atoms with Gasteiger partial charge in [-0.25, -0.2) is 0 Å². The van der Waals surface area contributed by atoms with Crippen molar-refractivity contribution in [3.8, 4) is 0 Å². The molecular weight excluding hydrogens is 250 g/mol. The van der Waals surface area contributed by atoms with Crippen molar-refractivity contribution in [3.05, 3.63) is 0 Å². The van der Waals surface area contributed by atoms with Crippen LogP contribution in [0.1, 0.15) is 74.7 Å². The molecule has 0 aromatic carbocycles. The van der Waals surface area contributed by atoms with E-state index in [9.17, 15) is 4.79 Å². The number of carbonyl (C=O) groups is 1. The van der Waals surface area contributed by atoms with Gasteiger partial charge in [0, 0.05) is 23.9 Å². The van der Waals surface area contributed by atoms with E-state index < -0.39 is 0 Å². The van der Waals surface area contributed by atoms with Crippen molar-refractivity contribution in [2.24, 2.45) is 5.41 Å². The van der Waals surface area contributed by atoms with Crippen LogP contribution in [0, 0.1) is 5.41 Å². The van der Waals surface area contributed by atoms with Gasteiger partial charge in [-0.3, -0.25) is 9.69 Å². The number of rotatable bonds is 4. The summed E-state index contributed by atoms with van der Waals surface area (Å²) in [6.45, 7) is 18.2. The van der Waals surface area contributed by atoms with E-state index in [0.717, 1.165) is 25.8 Å². The molecule has 1 fully saturated rings. The molecule has 0 radical (unpaired) electrons. The lowest BCUT2D eigenvalue weighted by Gasteiger charge is -2.54. The first-order valence-electron chi connectivity index (χ1n) is 7.95. The first-order chi connectivity index (χ1) is 8.96. The average Bonchev–Trinajstić information content (AvgIpc) is 2.25. The number of ether oxygens (including phenoxy) is 1. The number of hydrogen-bond acceptors (Lipinski definition) is 3. The fraction of sp³-hybridized carbons (Fsp3) is 0.941. The van der Waals surface area contributed by atoms with E-state index in [1.54, 1.807) is 0 Å². The molecule has 20 heavy (non-hydrogen) atoms. The van der Waals surface area contributed by atoms with Crippen molar-refractivity contribution in [2.75, 3.05) is 6.54 Å². The zero-order valence-electron chi connectivity index (χ0n) is 14.7. The number of carbonyl (C=O) groups excluding carboxylic acids is 1. The monoisotopic (exact) mass is 283 g/mol. The second kappa shape index (κ2) is 5.67. The van der Waals surface area contributed by atoms with E-state index in [2.05, 4.69) is 39.5 Å². The number of nitrogens with zero attached hydrogens (tertiary/aromatic N) is 1. The summed E-state index contributed by atoms with van der Waals surface area (Å²) >= 11 is 0. The Morgan fingerprint density at radius 2 is 1.60 bits per heavy atom. The lowest BCUT2D eigenvalue weighted by molar-refractivity contribution is -0.170. The molecule has 0 bridgehead atoms. The summed E-state index contributed by atoms with van der Waals surface area (Å²) in [7, 11) is 0. The van der Waals surface area contributed by atoms with Gasteiger partial charge in [-0.2, -0.15) is 0 Å². The summed E-state index contributed by atoms with van der Waals surface area (Å²) in [6, 6.07) is 0. The lowest BCUT2D eigenvalue weighted by Crippen LogP contribution is -2.62. The van der Waals surface area contributed by atoms with Crippen LogP contribution in [-0.2, 0) is 9.53 Å². The van der Waals surface area contributed by atoms with Gasteiger partial charge in [0.2, 0.25) is 0 Å². The van der Waals surface area contributed by atoms with Crippen LogP contribution in [0.3, 0.4) is 0 Å². The van der Waals surface area contributed by atoms with Gasteiger partial charge in [0.1, 0.15) is 6.10 Å². The van der Waals surface area contributed by atoms with Crippen LogP contribution >= 0.6 is 0 Å². The highest BCUT2D eigenvalue weighted by Gasteiger charge is 2.46. The summed E-state index contributed by atoms with van der Waals surface area (Å²) in [5.41, 5.74) is -0.244. The van der Waals surface area contributed by atoms with Crippen LogP contribution in [0.15, 0.2) is 0 Å². The van der Waals surface area contributed by atoms with Crippen LogP contribution in [0.2, 0.25) is 0 Å². The van der Waals surface area contributed by atoms with Crippen molar-refractivity contribution in [2.45, 2.75) is 91.8 Å². The smallest absolute Gasteiger partial charge is 0.311 e. The van der Waals surface area contributed by atoms with Crippen molar-refractivity contribution in [3.63, 3.8) is 0 Å². The van der Waals surface area contributed by atoms with Crippen molar-refractivity contribution >= 4 is 5.97 Å². The largest absolute Gasteiger partial charge is 0.462 e. The van der Waals surface area contributed by atoms with Crippen molar-refractivity contribution in [1.29, 1.82) is 0 Å². The maximum atomic E-state index is 12.3. The molecule has 1 heterocycles. The highest BCUT2D eigenvalue weighted by atomic mass is 16.5. The molecule has 0 saturated carbocycles. The topological polar surface area (TPSA) is 29.5 Å². The highest BCUT2D eigenvalue weighted by Crippen LogP contribution is 2.40. The lowest BCUT2D eigenvalue weighted by atomic mass is 9.78. The van der Waals surface area contributed by atoms with E-state index in [0.29, 0.717) is 0 Å². The van der Waals surface area contributed by atoms with Gasteiger partial charge in [-0.15, -0.1) is 0 Å². The third-order valence-electron chi connectivity index (χ3n) is 4.94. The minimum atomic E-state index is -0.379. The van der Waals surface area contributed by atoms with E-state index in [-0.39, 0.29) is 28.6 Å². The predicted octanol–water partition coefficient (Wildman–Crippen LogP) is 4.01. The normalized spacial score (nSPS) is 23.6.